The van der Waals surface area contributed by atoms with Gasteiger partial charge in [-0.2, -0.15) is 0 Å². The molecule has 2 aromatic carbocycles. The van der Waals surface area contributed by atoms with Crippen molar-refractivity contribution in [3.05, 3.63) is 83.1 Å². The van der Waals surface area contributed by atoms with E-state index in [-0.39, 0.29) is 0 Å². The Labute approximate surface area is 167 Å². The smallest absolute Gasteiger partial charge is 0.169 e. The van der Waals surface area contributed by atoms with Gasteiger partial charge in [-0.1, -0.05) is 47.6 Å². The molecule has 136 valence electrons. The predicted octanol–water partition coefficient (Wildman–Crippen LogP) is 5.43. The number of imidazole rings is 1. The Morgan fingerprint density at radius 3 is 2.70 bits per heavy atom. The molecule has 0 unspecified atom stereocenters. The highest BCUT2D eigenvalue weighted by molar-refractivity contribution is 7.98. The largest absolute Gasteiger partial charge is 0.497 e. The maximum Gasteiger partial charge on any atom is 0.169 e. The van der Waals surface area contributed by atoms with Crippen molar-refractivity contribution in [2.45, 2.75) is 17.5 Å². The van der Waals surface area contributed by atoms with Gasteiger partial charge in [-0.3, -0.25) is 4.98 Å². The van der Waals surface area contributed by atoms with E-state index < -0.39 is 0 Å². The summed E-state index contributed by atoms with van der Waals surface area (Å²) in [5, 5.41) is 1.70. The van der Waals surface area contributed by atoms with Gasteiger partial charge in [0.25, 0.3) is 0 Å². The van der Waals surface area contributed by atoms with Crippen molar-refractivity contribution in [2.75, 3.05) is 7.11 Å². The van der Waals surface area contributed by atoms with Gasteiger partial charge >= 0.3 is 0 Å². The number of hydrogen-bond donors (Lipinski definition) is 0. The normalized spacial score (nSPS) is 11.0. The van der Waals surface area contributed by atoms with E-state index in [9.17, 15) is 0 Å². The zero-order valence-corrected chi connectivity index (χ0v) is 16.4. The monoisotopic (exact) mass is 395 g/mol. The molecule has 27 heavy (non-hydrogen) atoms. The molecule has 0 radical (unpaired) electrons. The van der Waals surface area contributed by atoms with Crippen molar-refractivity contribution in [1.29, 1.82) is 0 Å². The van der Waals surface area contributed by atoms with Crippen LogP contribution in [0.1, 0.15) is 11.1 Å². The molecule has 0 aliphatic heterocycles. The average molecular weight is 396 g/mol. The lowest BCUT2D eigenvalue weighted by molar-refractivity contribution is 0.414. The van der Waals surface area contributed by atoms with E-state index in [4.69, 9.17) is 21.3 Å². The third-order valence-corrected chi connectivity index (χ3v) is 5.55. The SMILES string of the molecule is COc1ccc(CSc2nc3ccncc3n2Cc2cccc(Cl)c2)cc1. The lowest BCUT2D eigenvalue weighted by atomic mass is 10.2. The molecule has 0 N–H and O–H groups in total. The van der Waals surface area contributed by atoms with Crippen molar-refractivity contribution in [3.8, 4) is 5.75 Å². The summed E-state index contributed by atoms with van der Waals surface area (Å²) in [5.74, 6) is 1.69. The standard InChI is InChI=1S/C21H18ClN3OS/c1-26-18-7-5-15(6-8-18)14-27-21-24-19-9-10-23-12-20(19)25(21)13-16-3-2-4-17(22)11-16/h2-12H,13-14H2,1H3. The van der Waals surface area contributed by atoms with Gasteiger partial charge in [0.2, 0.25) is 0 Å². The Bertz CT molecular complexity index is 1060. The van der Waals surface area contributed by atoms with E-state index in [0.29, 0.717) is 6.54 Å². The second-order valence-electron chi connectivity index (χ2n) is 6.11. The van der Waals surface area contributed by atoms with Crippen LogP contribution in [0.4, 0.5) is 0 Å². The van der Waals surface area contributed by atoms with Gasteiger partial charge in [0.15, 0.2) is 5.16 Å². The van der Waals surface area contributed by atoms with E-state index in [1.165, 1.54) is 5.56 Å². The predicted molar refractivity (Wildman–Crippen MR) is 111 cm³/mol. The number of aromatic nitrogens is 3. The number of benzene rings is 2. The van der Waals surface area contributed by atoms with Gasteiger partial charge in [0.05, 0.1) is 30.9 Å². The summed E-state index contributed by atoms with van der Waals surface area (Å²) in [6, 6.07) is 18.0. The number of rotatable bonds is 6. The molecule has 2 aromatic heterocycles. The van der Waals surface area contributed by atoms with Gasteiger partial charge in [0, 0.05) is 17.0 Å². The summed E-state index contributed by atoms with van der Waals surface area (Å²) < 4.78 is 7.42. The van der Waals surface area contributed by atoms with Crippen LogP contribution in [-0.2, 0) is 12.3 Å². The molecule has 6 heteroatoms. The fraction of sp³-hybridized carbons (Fsp3) is 0.143. The second-order valence-corrected chi connectivity index (χ2v) is 7.49. The minimum atomic E-state index is 0.702. The van der Waals surface area contributed by atoms with Gasteiger partial charge in [-0.25, -0.2) is 4.98 Å². The first kappa shape index (κ1) is 17.9. The zero-order chi connectivity index (χ0) is 18.6. The summed E-state index contributed by atoms with van der Waals surface area (Å²) >= 11 is 7.87. The number of methoxy groups -OCH3 is 1. The van der Waals surface area contributed by atoms with Crippen molar-refractivity contribution in [3.63, 3.8) is 0 Å². The first-order chi connectivity index (χ1) is 13.2. The first-order valence-electron chi connectivity index (χ1n) is 8.53. The van der Waals surface area contributed by atoms with Crippen LogP contribution in [0.2, 0.25) is 5.02 Å². The van der Waals surface area contributed by atoms with Gasteiger partial charge < -0.3 is 9.30 Å². The van der Waals surface area contributed by atoms with Crippen LogP contribution in [0.25, 0.3) is 11.0 Å². The summed E-state index contributed by atoms with van der Waals surface area (Å²) in [6.45, 7) is 0.702. The lowest BCUT2D eigenvalue weighted by Crippen LogP contribution is -2.02. The molecule has 0 aliphatic carbocycles. The van der Waals surface area contributed by atoms with Crippen molar-refractivity contribution in [2.24, 2.45) is 0 Å². The van der Waals surface area contributed by atoms with Gasteiger partial charge in [-0.15, -0.1) is 0 Å². The summed E-state index contributed by atoms with van der Waals surface area (Å²) in [4.78, 5) is 9.08. The first-order valence-corrected chi connectivity index (χ1v) is 9.90. The summed E-state index contributed by atoms with van der Waals surface area (Å²) in [6.07, 6.45) is 3.64. The second kappa shape index (κ2) is 8.03. The van der Waals surface area contributed by atoms with Crippen molar-refractivity contribution in [1.82, 2.24) is 14.5 Å². The lowest BCUT2D eigenvalue weighted by Gasteiger charge is -2.09. The molecular weight excluding hydrogens is 378 g/mol. The summed E-state index contributed by atoms with van der Waals surface area (Å²) in [7, 11) is 1.68. The molecule has 0 atom stereocenters. The molecular formula is C21H18ClN3OS. The van der Waals surface area contributed by atoms with Crippen LogP contribution < -0.4 is 4.74 Å². The van der Waals surface area contributed by atoms with Crippen molar-refractivity contribution < 1.29 is 4.74 Å². The Kier molecular flexibility index (Phi) is 5.32. The van der Waals surface area contributed by atoms with Gasteiger partial charge in [0.1, 0.15) is 5.75 Å². The van der Waals surface area contributed by atoms with E-state index in [2.05, 4.69) is 27.8 Å². The molecule has 0 saturated heterocycles. The molecule has 4 nitrogen and oxygen atoms in total. The maximum atomic E-state index is 6.16. The highest BCUT2D eigenvalue weighted by Crippen LogP contribution is 2.28. The van der Waals surface area contributed by atoms with E-state index in [0.717, 1.165) is 38.3 Å². The molecule has 2 heterocycles. The molecule has 0 aliphatic rings. The van der Waals surface area contributed by atoms with Crippen LogP contribution in [0.15, 0.2) is 72.1 Å². The minimum absolute atomic E-state index is 0.702. The molecule has 0 amide bonds. The molecule has 4 aromatic rings. The Hall–Kier alpha value is -2.50. The third-order valence-electron chi connectivity index (χ3n) is 4.27. The highest BCUT2D eigenvalue weighted by atomic mass is 35.5. The van der Waals surface area contributed by atoms with Crippen LogP contribution in [-0.4, -0.2) is 21.6 Å². The quantitative estimate of drug-likeness (QED) is 0.408. The maximum absolute atomic E-state index is 6.16. The van der Waals surface area contributed by atoms with E-state index in [1.54, 1.807) is 25.1 Å². The van der Waals surface area contributed by atoms with Crippen LogP contribution in [0, 0.1) is 0 Å². The number of fused-ring (bicyclic) bond motifs is 1. The zero-order valence-electron chi connectivity index (χ0n) is 14.8. The Balaban J connectivity index is 1.62. The van der Waals surface area contributed by atoms with Crippen LogP contribution >= 0.6 is 23.4 Å². The van der Waals surface area contributed by atoms with Crippen molar-refractivity contribution >= 4 is 34.4 Å². The number of nitrogens with zero attached hydrogens (tertiary/aromatic N) is 3. The van der Waals surface area contributed by atoms with E-state index >= 15 is 0 Å². The fourth-order valence-electron chi connectivity index (χ4n) is 2.90. The third kappa shape index (κ3) is 4.10. The molecule has 0 bridgehead atoms. The highest BCUT2D eigenvalue weighted by Gasteiger charge is 2.12. The molecule has 4 rings (SSSR count). The number of halogens is 1. The van der Waals surface area contributed by atoms with Crippen LogP contribution in [0.5, 0.6) is 5.75 Å². The minimum Gasteiger partial charge on any atom is -0.497 e. The number of thioether (sulfide) groups is 1. The number of pyridine rings is 1. The molecule has 0 saturated carbocycles. The number of hydrogen-bond acceptors (Lipinski definition) is 4. The van der Waals surface area contributed by atoms with Crippen LogP contribution in [0.3, 0.4) is 0 Å². The Morgan fingerprint density at radius 1 is 1.07 bits per heavy atom. The topological polar surface area (TPSA) is 39.9 Å². The molecule has 0 fully saturated rings. The number of ether oxygens (including phenoxy) is 1. The summed E-state index contributed by atoms with van der Waals surface area (Å²) in [5.41, 5.74) is 4.33. The fourth-order valence-corrected chi connectivity index (χ4v) is 4.08. The molecule has 0 spiro atoms. The Morgan fingerprint density at radius 2 is 1.93 bits per heavy atom. The van der Waals surface area contributed by atoms with E-state index in [1.807, 2.05) is 42.6 Å². The van der Waals surface area contributed by atoms with Gasteiger partial charge in [-0.05, 0) is 41.5 Å². The average Bonchev–Trinajstić information content (AvgIpc) is 3.04.